The Morgan fingerprint density at radius 1 is 1.29 bits per heavy atom. The minimum absolute atomic E-state index is 0.0801. The van der Waals surface area contributed by atoms with Crippen molar-refractivity contribution in [3.8, 4) is 12.3 Å². The van der Waals surface area contributed by atoms with Gasteiger partial charge in [0.15, 0.2) is 17.9 Å². The second-order valence-corrected chi connectivity index (χ2v) is 6.57. The van der Waals surface area contributed by atoms with Crippen LogP contribution in [0.4, 0.5) is 30.6 Å². The third-order valence-corrected chi connectivity index (χ3v) is 4.53. The lowest BCUT2D eigenvalue weighted by Crippen LogP contribution is -2.43. The van der Waals surface area contributed by atoms with E-state index in [9.17, 15) is 18.4 Å². The number of urea groups is 1. The first kappa shape index (κ1) is 23.3. The van der Waals surface area contributed by atoms with Gasteiger partial charge in [-0.15, -0.1) is 6.42 Å². The quantitative estimate of drug-likeness (QED) is 0.183. The number of rotatable bonds is 6. The minimum Gasteiger partial charge on any atom is -0.397 e. The summed E-state index contributed by atoms with van der Waals surface area (Å²) in [4.78, 5) is 31.5. The predicted molar refractivity (Wildman–Crippen MR) is 115 cm³/mol. The van der Waals surface area contributed by atoms with Gasteiger partial charge in [-0.3, -0.25) is 24.6 Å². The molecule has 162 valence electrons. The monoisotopic (exact) mass is 428 g/mol. The number of aromatic nitrogens is 1. The van der Waals surface area contributed by atoms with Crippen LogP contribution in [0, 0.1) is 30.9 Å². The van der Waals surface area contributed by atoms with Crippen LogP contribution in [0.5, 0.6) is 0 Å². The van der Waals surface area contributed by atoms with Gasteiger partial charge < -0.3 is 5.73 Å². The van der Waals surface area contributed by atoms with Crippen molar-refractivity contribution in [2.24, 2.45) is 5.84 Å². The summed E-state index contributed by atoms with van der Waals surface area (Å²) in [6.07, 6.45) is 7.28. The number of terminal acetylenes is 1. The summed E-state index contributed by atoms with van der Waals surface area (Å²) < 4.78 is 27.1. The predicted octanol–water partition coefficient (Wildman–Crippen LogP) is 2.55. The van der Waals surface area contributed by atoms with Crippen LogP contribution >= 0.6 is 0 Å². The van der Waals surface area contributed by atoms with Crippen molar-refractivity contribution in [2.75, 3.05) is 29.2 Å². The van der Waals surface area contributed by atoms with Crippen molar-refractivity contribution < 1.29 is 18.4 Å². The molecule has 10 heteroatoms. The van der Waals surface area contributed by atoms with Gasteiger partial charge in [0.05, 0.1) is 29.8 Å². The molecule has 0 fully saturated rings. The number of nitrogens with two attached hydrogens (primary N) is 2. The highest BCUT2D eigenvalue weighted by molar-refractivity contribution is 5.94. The van der Waals surface area contributed by atoms with E-state index >= 15 is 0 Å². The van der Waals surface area contributed by atoms with Crippen LogP contribution in [0.15, 0.2) is 41.9 Å². The molecule has 1 aromatic carbocycles. The molecule has 0 saturated heterocycles. The van der Waals surface area contributed by atoms with Gasteiger partial charge in [0, 0.05) is 30.6 Å². The van der Waals surface area contributed by atoms with Crippen LogP contribution in [0.1, 0.15) is 12.6 Å². The van der Waals surface area contributed by atoms with Crippen LogP contribution < -0.4 is 21.5 Å². The highest BCUT2D eigenvalue weighted by Crippen LogP contribution is 2.28. The largest absolute Gasteiger partial charge is 0.397 e. The first-order valence-corrected chi connectivity index (χ1v) is 8.99. The Morgan fingerprint density at radius 2 is 1.94 bits per heavy atom. The molecule has 0 bridgehead atoms. The Hall–Kier alpha value is -3.97. The minimum atomic E-state index is -1.20. The summed E-state index contributed by atoms with van der Waals surface area (Å²) in [6.45, 7) is 3.06. The molecule has 0 unspecified atom stereocenters. The van der Waals surface area contributed by atoms with Crippen molar-refractivity contribution >= 4 is 29.4 Å². The number of hydrogen-bond donors (Lipinski definition) is 2. The molecular weight excluding hydrogens is 406 g/mol. The number of hydrogen-bond acceptors (Lipinski definition) is 6. The lowest BCUT2D eigenvalue weighted by Gasteiger charge is -2.30. The fourth-order valence-corrected chi connectivity index (χ4v) is 2.72. The molecule has 0 radical (unpaired) electrons. The van der Waals surface area contributed by atoms with E-state index < -0.39 is 17.7 Å². The van der Waals surface area contributed by atoms with Gasteiger partial charge in [0.2, 0.25) is 0 Å². The zero-order valence-electron chi connectivity index (χ0n) is 17.3. The van der Waals surface area contributed by atoms with Gasteiger partial charge in [0.1, 0.15) is 5.70 Å². The summed E-state index contributed by atoms with van der Waals surface area (Å²) in [6, 6.07) is 4.36. The topological polar surface area (TPSA) is 109 Å². The van der Waals surface area contributed by atoms with E-state index in [1.165, 1.54) is 25.1 Å². The average molecular weight is 428 g/mol. The number of nitrogens with zero attached hydrogens (tertiary/aromatic N) is 4. The fraction of sp³-hybridized carbons (Fsp3) is 0.190. The summed E-state index contributed by atoms with van der Waals surface area (Å²) in [5.41, 5.74) is 6.47. The third kappa shape index (κ3) is 4.96. The van der Waals surface area contributed by atoms with Gasteiger partial charge in [-0.2, -0.15) is 0 Å². The summed E-state index contributed by atoms with van der Waals surface area (Å²) >= 11 is 0. The Morgan fingerprint density at radius 3 is 2.48 bits per heavy atom. The van der Waals surface area contributed by atoms with Crippen LogP contribution in [0.2, 0.25) is 0 Å². The van der Waals surface area contributed by atoms with Crippen molar-refractivity contribution in [1.82, 2.24) is 9.88 Å². The summed E-state index contributed by atoms with van der Waals surface area (Å²) in [5, 5.41) is 0.768. The first-order valence-electron chi connectivity index (χ1n) is 8.99. The lowest BCUT2D eigenvalue weighted by atomic mass is 10.2. The normalized spacial score (nSPS) is 11.3. The molecule has 0 aliphatic rings. The number of benzene rings is 1. The number of aldehydes is 1. The lowest BCUT2D eigenvalue weighted by molar-refractivity contribution is -0.105. The SMILES string of the molecule is C#CCN(C(=O)N(C)c1ccc(C)nc1)/C(C)=C(\C=O)N(N)c1cc(F)c(F)cc1N. The molecule has 1 aromatic heterocycles. The van der Waals surface area contributed by atoms with E-state index in [4.69, 9.17) is 18.0 Å². The van der Waals surface area contributed by atoms with Crippen molar-refractivity contribution in [2.45, 2.75) is 13.8 Å². The molecule has 0 saturated carbocycles. The fourth-order valence-electron chi connectivity index (χ4n) is 2.72. The Labute approximate surface area is 178 Å². The zero-order chi connectivity index (χ0) is 23.3. The molecule has 31 heavy (non-hydrogen) atoms. The maximum absolute atomic E-state index is 13.7. The first-order chi connectivity index (χ1) is 14.6. The van der Waals surface area contributed by atoms with Crippen molar-refractivity contribution in [1.29, 1.82) is 0 Å². The van der Waals surface area contributed by atoms with Gasteiger partial charge in [-0.1, -0.05) is 5.92 Å². The molecule has 0 atom stereocenters. The van der Waals surface area contributed by atoms with E-state index in [-0.39, 0.29) is 29.3 Å². The van der Waals surface area contributed by atoms with Gasteiger partial charge in [-0.05, 0) is 26.0 Å². The highest BCUT2D eigenvalue weighted by atomic mass is 19.2. The molecule has 8 nitrogen and oxygen atoms in total. The third-order valence-electron chi connectivity index (χ3n) is 4.53. The Bertz CT molecular complexity index is 1060. The summed E-state index contributed by atoms with van der Waals surface area (Å²) in [5.74, 6) is 5.95. The number of carbonyl (C=O) groups excluding carboxylic acids is 2. The zero-order valence-corrected chi connectivity index (χ0v) is 17.3. The molecule has 2 aromatic rings. The van der Waals surface area contributed by atoms with E-state index in [0.717, 1.165) is 27.7 Å². The number of amides is 2. The average Bonchev–Trinajstić information content (AvgIpc) is 2.74. The van der Waals surface area contributed by atoms with Crippen LogP contribution in [-0.2, 0) is 4.79 Å². The molecule has 2 amide bonds. The molecule has 4 N–H and O–H groups in total. The van der Waals surface area contributed by atoms with Gasteiger partial charge in [0.25, 0.3) is 0 Å². The Kier molecular flexibility index (Phi) is 7.28. The van der Waals surface area contributed by atoms with Gasteiger partial charge >= 0.3 is 6.03 Å². The highest BCUT2D eigenvalue weighted by Gasteiger charge is 2.25. The Balaban J connectivity index is 2.48. The maximum Gasteiger partial charge on any atom is 0.329 e. The van der Waals surface area contributed by atoms with E-state index in [1.54, 1.807) is 19.1 Å². The number of anilines is 3. The number of allylic oxidation sites excluding steroid dienone is 2. The molecule has 0 spiro atoms. The standard InChI is InChI=1S/C21H22F2N6O2/c1-5-8-28(21(31)27(4)15-7-6-13(2)26-11-15)14(3)20(12-30)29(25)19-10-17(23)16(22)9-18(19)24/h1,6-7,9-12H,8,24-25H2,2-4H3/b20-14+. The summed E-state index contributed by atoms with van der Waals surface area (Å²) in [7, 11) is 1.51. The smallest absolute Gasteiger partial charge is 0.329 e. The van der Waals surface area contributed by atoms with Crippen LogP contribution in [0.3, 0.4) is 0 Å². The molecule has 2 rings (SSSR count). The van der Waals surface area contributed by atoms with E-state index in [0.29, 0.717) is 12.0 Å². The molecule has 1 heterocycles. The molecule has 0 aliphatic carbocycles. The second-order valence-electron chi connectivity index (χ2n) is 6.57. The second kappa shape index (κ2) is 9.69. The molecular formula is C21H22F2N6O2. The number of aryl methyl sites for hydroxylation is 1. The number of pyridine rings is 1. The van der Waals surface area contributed by atoms with Crippen LogP contribution in [-0.4, -0.2) is 35.8 Å². The van der Waals surface area contributed by atoms with Gasteiger partial charge in [-0.25, -0.2) is 19.4 Å². The van der Waals surface area contributed by atoms with E-state index in [2.05, 4.69) is 10.9 Å². The number of nitrogen functional groups attached to an aromatic ring is 1. The van der Waals surface area contributed by atoms with Crippen LogP contribution in [0.25, 0.3) is 0 Å². The maximum atomic E-state index is 13.7. The van der Waals surface area contributed by atoms with Crippen molar-refractivity contribution in [3.63, 3.8) is 0 Å². The number of carbonyl (C=O) groups is 2. The number of halogens is 2. The molecule has 0 aliphatic heterocycles. The van der Waals surface area contributed by atoms with Crippen molar-refractivity contribution in [3.05, 3.63) is 59.2 Å². The number of hydrazine groups is 1. The van der Waals surface area contributed by atoms with E-state index in [1.807, 2.05) is 0 Å².